The zero-order valence-electron chi connectivity index (χ0n) is 11.1. The van der Waals surface area contributed by atoms with Gasteiger partial charge in [0.1, 0.15) is 0 Å². The third kappa shape index (κ3) is 6.61. The van der Waals surface area contributed by atoms with Crippen molar-refractivity contribution in [3.05, 3.63) is 0 Å². The maximum absolute atomic E-state index is 10.9. The van der Waals surface area contributed by atoms with Crippen LogP contribution in [-0.4, -0.2) is 75.2 Å². The van der Waals surface area contributed by atoms with Gasteiger partial charge in [0.05, 0.1) is 13.2 Å². The predicted octanol–water partition coefficient (Wildman–Crippen LogP) is -0.223. The standard InChI is InChI=1S/C12H25N3O2/c1-12(16)14(2)7-5-13-4-3-6-15-8-10-17-11-9-15/h13H,3-11H2,1-2H3. The number of amides is 1. The van der Waals surface area contributed by atoms with Crippen molar-refractivity contribution in [2.45, 2.75) is 13.3 Å². The highest BCUT2D eigenvalue weighted by molar-refractivity contribution is 5.72. The number of nitrogens with zero attached hydrogens (tertiary/aromatic N) is 2. The maximum atomic E-state index is 10.9. The van der Waals surface area contributed by atoms with Crippen molar-refractivity contribution in [1.29, 1.82) is 0 Å². The number of hydrogen-bond donors (Lipinski definition) is 1. The third-order valence-electron chi connectivity index (χ3n) is 3.09. The molecule has 0 aromatic rings. The lowest BCUT2D eigenvalue weighted by molar-refractivity contribution is -0.127. The van der Waals surface area contributed by atoms with Gasteiger partial charge in [-0.3, -0.25) is 9.69 Å². The molecule has 0 aromatic carbocycles. The summed E-state index contributed by atoms with van der Waals surface area (Å²) >= 11 is 0. The first kappa shape index (κ1) is 14.4. The Hall–Kier alpha value is -0.650. The van der Waals surface area contributed by atoms with Crippen LogP contribution in [0, 0.1) is 0 Å². The number of carbonyl (C=O) groups is 1. The fourth-order valence-electron chi connectivity index (χ4n) is 1.78. The van der Waals surface area contributed by atoms with Gasteiger partial charge in [-0.15, -0.1) is 0 Å². The summed E-state index contributed by atoms with van der Waals surface area (Å²) in [4.78, 5) is 15.1. The summed E-state index contributed by atoms with van der Waals surface area (Å²) in [6.45, 7) is 9.28. The zero-order valence-corrected chi connectivity index (χ0v) is 11.1. The van der Waals surface area contributed by atoms with Crippen molar-refractivity contribution in [2.75, 3.05) is 59.5 Å². The quantitative estimate of drug-likeness (QED) is 0.628. The van der Waals surface area contributed by atoms with E-state index in [2.05, 4.69) is 10.2 Å². The van der Waals surface area contributed by atoms with E-state index in [1.807, 2.05) is 7.05 Å². The molecule has 17 heavy (non-hydrogen) atoms. The van der Waals surface area contributed by atoms with Crippen LogP contribution in [0.5, 0.6) is 0 Å². The van der Waals surface area contributed by atoms with Gasteiger partial charge in [0, 0.05) is 40.2 Å². The van der Waals surface area contributed by atoms with E-state index in [4.69, 9.17) is 4.74 Å². The van der Waals surface area contributed by atoms with Crippen LogP contribution in [0.2, 0.25) is 0 Å². The smallest absolute Gasteiger partial charge is 0.219 e. The first-order valence-electron chi connectivity index (χ1n) is 6.42. The van der Waals surface area contributed by atoms with Gasteiger partial charge in [-0.05, 0) is 19.5 Å². The molecule has 0 bridgehead atoms. The zero-order chi connectivity index (χ0) is 12.5. The average Bonchev–Trinajstić information content (AvgIpc) is 2.34. The minimum Gasteiger partial charge on any atom is -0.379 e. The van der Waals surface area contributed by atoms with Gasteiger partial charge in [-0.2, -0.15) is 0 Å². The number of likely N-dealkylation sites (N-methyl/N-ethyl adjacent to an activating group) is 1. The molecule has 5 nitrogen and oxygen atoms in total. The summed E-state index contributed by atoms with van der Waals surface area (Å²) < 4.78 is 5.30. The number of rotatable bonds is 7. The molecule has 0 saturated carbocycles. The van der Waals surface area contributed by atoms with E-state index < -0.39 is 0 Å². The lowest BCUT2D eigenvalue weighted by Crippen LogP contribution is -2.38. The molecule has 0 radical (unpaired) electrons. The molecule has 1 amide bonds. The Morgan fingerprint density at radius 3 is 2.71 bits per heavy atom. The third-order valence-corrected chi connectivity index (χ3v) is 3.09. The van der Waals surface area contributed by atoms with Gasteiger partial charge in [-0.1, -0.05) is 0 Å². The Kier molecular flexibility index (Phi) is 7.16. The summed E-state index contributed by atoms with van der Waals surface area (Å²) in [6, 6.07) is 0. The second-order valence-electron chi connectivity index (χ2n) is 4.50. The molecule has 0 aromatic heterocycles. The van der Waals surface area contributed by atoms with Crippen molar-refractivity contribution < 1.29 is 9.53 Å². The molecule has 0 aliphatic carbocycles. The normalized spacial score (nSPS) is 17.1. The number of carbonyl (C=O) groups excluding carboxylic acids is 1. The molecule has 100 valence electrons. The predicted molar refractivity (Wildman–Crippen MR) is 68.1 cm³/mol. The first-order valence-corrected chi connectivity index (χ1v) is 6.42. The summed E-state index contributed by atoms with van der Waals surface area (Å²) in [5.74, 6) is 0.125. The maximum Gasteiger partial charge on any atom is 0.219 e. The minimum absolute atomic E-state index is 0.125. The molecule has 0 atom stereocenters. The summed E-state index contributed by atoms with van der Waals surface area (Å²) in [7, 11) is 1.83. The van der Waals surface area contributed by atoms with Crippen molar-refractivity contribution in [3.63, 3.8) is 0 Å². The fourth-order valence-corrected chi connectivity index (χ4v) is 1.78. The highest BCUT2D eigenvalue weighted by Gasteiger charge is 2.08. The highest BCUT2D eigenvalue weighted by Crippen LogP contribution is 1.97. The second kappa shape index (κ2) is 8.44. The van der Waals surface area contributed by atoms with Crippen LogP contribution in [0.4, 0.5) is 0 Å². The molecule has 1 saturated heterocycles. The minimum atomic E-state index is 0.125. The van der Waals surface area contributed by atoms with E-state index in [0.29, 0.717) is 0 Å². The molecular formula is C12H25N3O2. The Balaban J connectivity index is 1.88. The second-order valence-corrected chi connectivity index (χ2v) is 4.50. The monoisotopic (exact) mass is 243 g/mol. The van der Waals surface area contributed by atoms with Gasteiger partial charge in [0.15, 0.2) is 0 Å². The number of hydrogen-bond acceptors (Lipinski definition) is 4. The highest BCUT2D eigenvalue weighted by atomic mass is 16.5. The Labute approximate surface area is 104 Å². The van der Waals surface area contributed by atoms with Gasteiger partial charge in [0.2, 0.25) is 5.91 Å². The molecule has 0 spiro atoms. The number of nitrogens with one attached hydrogen (secondary N) is 1. The van der Waals surface area contributed by atoms with Gasteiger partial charge < -0.3 is 15.0 Å². The van der Waals surface area contributed by atoms with Gasteiger partial charge >= 0.3 is 0 Å². The average molecular weight is 243 g/mol. The van der Waals surface area contributed by atoms with E-state index in [1.54, 1.807) is 11.8 Å². The lowest BCUT2D eigenvalue weighted by atomic mass is 10.3. The lowest BCUT2D eigenvalue weighted by Gasteiger charge is -2.26. The molecule has 1 aliphatic heterocycles. The van der Waals surface area contributed by atoms with Gasteiger partial charge in [0.25, 0.3) is 0 Å². The van der Waals surface area contributed by atoms with Crippen LogP contribution in [0.15, 0.2) is 0 Å². The SMILES string of the molecule is CC(=O)N(C)CCNCCCN1CCOCC1. The van der Waals surface area contributed by atoms with Crippen LogP contribution < -0.4 is 5.32 Å². The molecule has 5 heteroatoms. The summed E-state index contributed by atoms with van der Waals surface area (Å²) in [5.41, 5.74) is 0. The van der Waals surface area contributed by atoms with Crippen LogP contribution in [-0.2, 0) is 9.53 Å². The van der Waals surface area contributed by atoms with Crippen LogP contribution in [0.3, 0.4) is 0 Å². The Morgan fingerprint density at radius 2 is 2.06 bits per heavy atom. The molecular weight excluding hydrogens is 218 g/mol. The summed E-state index contributed by atoms with van der Waals surface area (Å²) in [6.07, 6.45) is 1.16. The van der Waals surface area contributed by atoms with Gasteiger partial charge in [-0.25, -0.2) is 0 Å². The van der Waals surface area contributed by atoms with Crippen molar-refractivity contribution in [3.8, 4) is 0 Å². The first-order chi connectivity index (χ1) is 8.20. The van der Waals surface area contributed by atoms with E-state index in [0.717, 1.165) is 58.9 Å². The van der Waals surface area contributed by atoms with Crippen molar-refractivity contribution >= 4 is 5.91 Å². The largest absolute Gasteiger partial charge is 0.379 e. The Morgan fingerprint density at radius 1 is 1.35 bits per heavy atom. The van der Waals surface area contributed by atoms with Crippen LogP contribution in [0.25, 0.3) is 0 Å². The molecule has 1 N–H and O–H groups in total. The van der Waals surface area contributed by atoms with E-state index in [1.165, 1.54) is 0 Å². The Bertz CT molecular complexity index is 218. The van der Waals surface area contributed by atoms with E-state index in [-0.39, 0.29) is 5.91 Å². The fraction of sp³-hybridized carbons (Fsp3) is 0.917. The van der Waals surface area contributed by atoms with Crippen molar-refractivity contribution in [2.24, 2.45) is 0 Å². The molecule has 1 rings (SSSR count). The number of ether oxygens (including phenoxy) is 1. The summed E-state index contributed by atoms with van der Waals surface area (Å²) in [5, 5.41) is 3.36. The van der Waals surface area contributed by atoms with Crippen molar-refractivity contribution in [1.82, 2.24) is 15.1 Å². The molecule has 1 heterocycles. The molecule has 1 fully saturated rings. The molecule has 0 unspecified atom stereocenters. The van der Waals surface area contributed by atoms with Crippen LogP contribution >= 0.6 is 0 Å². The topological polar surface area (TPSA) is 44.8 Å². The van der Waals surface area contributed by atoms with E-state index >= 15 is 0 Å². The van der Waals surface area contributed by atoms with E-state index in [9.17, 15) is 4.79 Å². The molecule has 1 aliphatic rings. The van der Waals surface area contributed by atoms with Crippen LogP contribution in [0.1, 0.15) is 13.3 Å². The number of morpholine rings is 1.